The molecule has 0 unspecified atom stereocenters. The predicted octanol–water partition coefficient (Wildman–Crippen LogP) is 9.37. The van der Waals surface area contributed by atoms with E-state index in [1.165, 1.54) is 0 Å². The second kappa shape index (κ2) is 13.8. The van der Waals surface area contributed by atoms with Crippen molar-refractivity contribution in [2.45, 2.75) is 110 Å². The summed E-state index contributed by atoms with van der Waals surface area (Å²) in [5, 5.41) is 0. The highest BCUT2D eigenvalue weighted by molar-refractivity contribution is 7.54. The van der Waals surface area contributed by atoms with Crippen LogP contribution < -0.4 is 0 Å². The quantitative estimate of drug-likeness (QED) is 0.159. The third-order valence-corrected chi connectivity index (χ3v) is 16.3. The molecule has 2 rings (SSSR count). The van der Waals surface area contributed by atoms with Crippen molar-refractivity contribution in [3.8, 4) is 0 Å². The number of benzene rings is 2. The predicted molar refractivity (Wildman–Crippen MR) is 160 cm³/mol. The van der Waals surface area contributed by atoms with Crippen LogP contribution in [0.2, 0.25) is 36.3 Å². The van der Waals surface area contributed by atoms with E-state index in [1.807, 2.05) is 67.6 Å². The van der Waals surface area contributed by atoms with Crippen LogP contribution in [-0.2, 0) is 35.7 Å². The van der Waals surface area contributed by atoms with Crippen LogP contribution in [0.15, 0.2) is 60.7 Å². The minimum atomic E-state index is -3.78. The van der Waals surface area contributed by atoms with Crippen molar-refractivity contribution < 1.29 is 22.5 Å². The van der Waals surface area contributed by atoms with Crippen molar-refractivity contribution in [2.75, 3.05) is 0 Å². The molecule has 8 heteroatoms. The summed E-state index contributed by atoms with van der Waals surface area (Å²) in [6.07, 6.45) is -0.456. The van der Waals surface area contributed by atoms with Crippen LogP contribution in [0.5, 0.6) is 0 Å². The molecule has 0 radical (unpaired) electrons. The molecule has 0 spiro atoms. The maximum absolute atomic E-state index is 14.8. The molecule has 0 aliphatic heterocycles. The van der Waals surface area contributed by atoms with Gasteiger partial charge < -0.3 is 17.9 Å². The fourth-order valence-corrected chi connectivity index (χ4v) is 14.9. The summed E-state index contributed by atoms with van der Waals surface area (Å²) < 4.78 is 41.0. The summed E-state index contributed by atoms with van der Waals surface area (Å²) in [5.41, 5.74) is 3.02. The lowest BCUT2D eigenvalue weighted by Crippen LogP contribution is -2.53. The number of hydrogen-bond acceptors (Lipinski definition) is 5. The fraction of sp³-hybridized carbons (Fsp3) is 0.586. The molecule has 0 saturated heterocycles. The molecule has 0 aromatic heterocycles. The molecule has 0 aliphatic carbocycles. The Morgan fingerprint density at radius 3 is 1.35 bits per heavy atom. The van der Waals surface area contributed by atoms with E-state index in [1.54, 1.807) is 0 Å². The first-order chi connectivity index (χ1) is 17.2. The Bertz CT molecular complexity index is 908. The summed E-state index contributed by atoms with van der Waals surface area (Å²) in [4.78, 5) is 0. The molecule has 5 nitrogen and oxygen atoms in total. The summed E-state index contributed by atoms with van der Waals surface area (Å²) >= 11 is 0. The lowest BCUT2D eigenvalue weighted by atomic mass is 10.2. The van der Waals surface area contributed by atoms with E-state index in [0.717, 1.165) is 11.1 Å². The van der Waals surface area contributed by atoms with Gasteiger partial charge in [-0.1, -0.05) is 102 Å². The molecular formula is C29H49O5PSi2. The largest absolute Gasteiger partial charge is 0.410 e. The van der Waals surface area contributed by atoms with Crippen molar-refractivity contribution in [3.63, 3.8) is 0 Å². The van der Waals surface area contributed by atoms with Crippen LogP contribution in [0.25, 0.3) is 0 Å². The van der Waals surface area contributed by atoms with Crippen molar-refractivity contribution in [1.82, 2.24) is 0 Å². The van der Waals surface area contributed by atoms with Gasteiger partial charge >= 0.3 is 7.60 Å². The molecule has 0 amide bonds. The van der Waals surface area contributed by atoms with Crippen LogP contribution >= 0.6 is 7.60 Å². The van der Waals surface area contributed by atoms with Gasteiger partial charge in [0.05, 0.1) is 19.3 Å². The van der Waals surface area contributed by atoms with Crippen molar-refractivity contribution in [1.29, 1.82) is 0 Å². The topological polar surface area (TPSA) is 54.0 Å². The molecule has 208 valence electrons. The second-order valence-corrected chi connectivity index (χ2v) is 23.8. The third-order valence-electron chi connectivity index (χ3n) is 6.79. The first kappa shape index (κ1) is 32.2. The SMILES string of the molecule is CC(C)[Si](O[C@@H](C)[C@@H](O[Si](C)(C)C)P(=O)(OCc1ccccc1)OCc1ccccc1)(C(C)C)C(C)C. The van der Waals surface area contributed by atoms with E-state index in [2.05, 4.69) is 61.2 Å². The van der Waals surface area contributed by atoms with Crippen LogP contribution in [0.3, 0.4) is 0 Å². The van der Waals surface area contributed by atoms with Crippen LogP contribution in [0.1, 0.15) is 59.6 Å². The lowest BCUT2D eigenvalue weighted by molar-refractivity contribution is 0.0597. The third kappa shape index (κ3) is 8.99. The fourth-order valence-electron chi connectivity index (χ4n) is 5.23. The van der Waals surface area contributed by atoms with Gasteiger partial charge in [0.2, 0.25) is 8.32 Å². The van der Waals surface area contributed by atoms with E-state index in [-0.39, 0.29) is 13.2 Å². The highest BCUT2D eigenvalue weighted by atomic mass is 31.2. The summed E-state index contributed by atoms with van der Waals surface area (Å²) in [6, 6.07) is 19.6. The second-order valence-electron chi connectivity index (χ2n) is 11.8. The molecule has 0 saturated carbocycles. The van der Waals surface area contributed by atoms with Gasteiger partial charge in [-0.25, -0.2) is 0 Å². The Morgan fingerprint density at radius 2 is 1.03 bits per heavy atom. The van der Waals surface area contributed by atoms with Gasteiger partial charge in [0.15, 0.2) is 14.2 Å². The molecule has 0 N–H and O–H groups in total. The Balaban J connectivity index is 2.49. The van der Waals surface area contributed by atoms with E-state index < -0.39 is 36.2 Å². The van der Waals surface area contributed by atoms with E-state index >= 15 is 0 Å². The smallest absolute Gasteiger partial charge is 0.361 e. The molecule has 0 aliphatic rings. The van der Waals surface area contributed by atoms with Gasteiger partial charge in [-0.2, -0.15) is 0 Å². The number of rotatable bonds is 15. The standard InChI is InChI=1S/C29H49O5PSi2/c1-23(2)37(24(3)4,25(5)6)33-26(7)29(34-36(8,9)10)35(30,31-21-27-17-13-11-14-18-27)32-22-28-19-15-12-16-20-28/h11-20,23-26,29H,21-22H2,1-10H3/t26-,29-/m0/s1. The average molecular weight is 565 g/mol. The van der Waals surface area contributed by atoms with Gasteiger partial charge in [0, 0.05) is 0 Å². The number of hydrogen-bond donors (Lipinski definition) is 0. The average Bonchev–Trinajstić information content (AvgIpc) is 2.83. The van der Waals surface area contributed by atoms with Gasteiger partial charge in [-0.15, -0.1) is 0 Å². The first-order valence-corrected chi connectivity index (χ1v) is 20.7. The van der Waals surface area contributed by atoms with Crippen molar-refractivity contribution in [2.24, 2.45) is 0 Å². The van der Waals surface area contributed by atoms with Crippen LogP contribution in [-0.4, -0.2) is 28.6 Å². The Labute approximate surface area is 228 Å². The van der Waals surface area contributed by atoms with Crippen LogP contribution in [0.4, 0.5) is 0 Å². The minimum Gasteiger partial charge on any atom is -0.410 e. The molecule has 2 aromatic carbocycles. The lowest BCUT2D eigenvalue weighted by Gasteiger charge is -2.46. The molecule has 0 fully saturated rings. The summed E-state index contributed by atoms with van der Waals surface area (Å²) in [7, 11) is -8.22. The molecule has 2 atom stereocenters. The van der Waals surface area contributed by atoms with Gasteiger partial charge in [-0.3, -0.25) is 4.57 Å². The Morgan fingerprint density at radius 1 is 0.649 bits per heavy atom. The van der Waals surface area contributed by atoms with E-state index in [0.29, 0.717) is 16.6 Å². The Hall–Kier alpha value is -1.06. The van der Waals surface area contributed by atoms with Gasteiger partial charge in [-0.05, 0) is 54.3 Å². The van der Waals surface area contributed by atoms with Crippen molar-refractivity contribution in [3.05, 3.63) is 71.8 Å². The van der Waals surface area contributed by atoms with Crippen LogP contribution in [0, 0.1) is 0 Å². The Kier molecular flexibility index (Phi) is 12.0. The zero-order chi connectivity index (χ0) is 27.9. The first-order valence-electron chi connectivity index (χ1n) is 13.5. The summed E-state index contributed by atoms with van der Waals surface area (Å²) in [5.74, 6) is -0.824. The zero-order valence-electron chi connectivity index (χ0n) is 24.6. The summed E-state index contributed by atoms with van der Waals surface area (Å²) in [6.45, 7) is 22.2. The van der Waals surface area contributed by atoms with Gasteiger partial charge in [0.1, 0.15) is 0 Å². The highest BCUT2D eigenvalue weighted by Crippen LogP contribution is 2.58. The monoisotopic (exact) mass is 564 g/mol. The molecule has 0 heterocycles. The minimum absolute atomic E-state index is 0.173. The molecule has 2 aromatic rings. The maximum atomic E-state index is 14.8. The highest BCUT2D eigenvalue weighted by Gasteiger charge is 2.51. The zero-order valence-corrected chi connectivity index (χ0v) is 27.5. The van der Waals surface area contributed by atoms with E-state index in [4.69, 9.17) is 17.9 Å². The maximum Gasteiger partial charge on any atom is 0.361 e. The molecule has 37 heavy (non-hydrogen) atoms. The van der Waals surface area contributed by atoms with Crippen molar-refractivity contribution >= 4 is 24.2 Å². The normalized spacial score (nSPS) is 14.9. The molecular weight excluding hydrogens is 515 g/mol. The van der Waals surface area contributed by atoms with Gasteiger partial charge in [0.25, 0.3) is 0 Å². The van der Waals surface area contributed by atoms with E-state index in [9.17, 15) is 4.57 Å². The molecule has 0 bridgehead atoms.